The van der Waals surface area contributed by atoms with Crippen LogP contribution in [0.25, 0.3) is 0 Å². The second kappa shape index (κ2) is 12.8. The topological polar surface area (TPSA) is 157 Å². The van der Waals surface area contributed by atoms with Crippen LogP contribution in [0.4, 0.5) is 0 Å². The summed E-state index contributed by atoms with van der Waals surface area (Å²) in [5.74, 6) is 0.924. The van der Waals surface area contributed by atoms with Crippen LogP contribution in [-0.4, -0.2) is 83.5 Å². The quantitative estimate of drug-likeness (QED) is 0.341. The summed E-state index contributed by atoms with van der Waals surface area (Å²) < 4.78 is 17.4. The molecule has 2 aromatic carbocycles. The molecule has 12 nitrogen and oxygen atoms in total. The Balaban J connectivity index is 0.00000400. The fraction of sp³-hybridized carbons (Fsp3) is 0.531. The molecule has 4 N–H and O–H groups in total. The molecule has 2 bridgehead atoms. The van der Waals surface area contributed by atoms with Crippen molar-refractivity contribution in [3.05, 3.63) is 39.4 Å². The number of aryl methyl sites for hydroxylation is 1. The fourth-order valence-corrected chi connectivity index (χ4v) is 7.80. The zero-order valence-electron chi connectivity index (χ0n) is 26.4. The third-order valence-electron chi connectivity index (χ3n) is 9.85. The molecule has 2 aromatic rings. The van der Waals surface area contributed by atoms with Crippen molar-refractivity contribution in [1.29, 1.82) is 5.26 Å². The molecule has 0 saturated carbocycles. The van der Waals surface area contributed by atoms with Crippen LogP contribution in [0.5, 0.6) is 28.7 Å². The first-order chi connectivity index (χ1) is 21.0. The monoisotopic (exact) mass is 832 g/mol. The van der Waals surface area contributed by atoms with Gasteiger partial charge in [0.25, 0.3) is 0 Å². The molecule has 4 aliphatic heterocycles. The van der Waals surface area contributed by atoms with Crippen molar-refractivity contribution >= 4 is 11.8 Å². The third-order valence-corrected chi connectivity index (χ3v) is 9.85. The maximum atomic E-state index is 13.2. The number of likely N-dealkylation sites (N-methyl/N-ethyl adjacent to an activating group) is 1. The Morgan fingerprint density at radius 1 is 1.16 bits per heavy atom. The minimum absolute atomic E-state index is 0. The molecule has 1 fully saturated rings. The largest absolute Gasteiger partial charge is 0.507 e. The van der Waals surface area contributed by atoms with E-state index in [2.05, 4.69) is 26.5 Å². The van der Waals surface area contributed by atoms with E-state index in [0.29, 0.717) is 46.8 Å². The van der Waals surface area contributed by atoms with E-state index in [1.165, 1.54) is 7.11 Å². The first-order valence-corrected chi connectivity index (χ1v) is 15.0. The molecule has 1 radical (unpaired) electrons. The standard InChI is InChI=1S/C32H39N5O7.Ac/c1-7-23(38)35-16(4)32(41)34-12-22-25-18(27(39)15(3)30-31(25)44-13-43-30)10-20-26-24-17(8-14(2)29(42-6)28(24)40)9-19(36(26)5)21(11-33)37(20)22;/h8,16,19-22,26,39-40H,7,9-10,12-13H2,1-6H3,(H,34,41)(H,35,38);/t16-,19-,20?,21-,22-,26-;/m0./s1. The summed E-state index contributed by atoms with van der Waals surface area (Å²) in [5, 5.41) is 39.5. The second-order valence-corrected chi connectivity index (χ2v) is 12.2. The van der Waals surface area contributed by atoms with E-state index in [1.807, 2.05) is 20.0 Å². The Kier molecular flexibility index (Phi) is 9.55. The average molecular weight is 833 g/mol. The number of fused-ring (bicyclic) bond motifs is 9. The molecular weight excluding hydrogens is 793 g/mol. The summed E-state index contributed by atoms with van der Waals surface area (Å²) in [6.07, 6.45) is 1.15. The molecule has 0 aliphatic carbocycles. The molecule has 1 unspecified atom stereocenters. The number of nitrogens with one attached hydrogen (secondary N) is 2. The molecule has 0 spiro atoms. The Morgan fingerprint density at radius 2 is 1.87 bits per heavy atom. The summed E-state index contributed by atoms with van der Waals surface area (Å²) >= 11 is 0. The van der Waals surface area contributed by atoms with Gasteiger partial charge in [0.15, 0.2) is 23.0 Å². The number of phenols is 2. The number of carbonyl (C=O) groups is 2. The SMILES string of the molecule is CCC(=O)N[C@@H](C)C(=O)NC[C@H]1c2c(c(O)c(C)c3c2OCO3)CC2[C@H]3c4c(cc(C)c(OC)c4O)C[C@@H]([C@H](C#N)N21)N3C.[Ac]. The minimum Gasteiger partial charge on any atom is -0.507 e. The maximum absolute atomic E-state index is 13.2. The van der Waals surface area contributed by atoms with Crippen LogP contribution in [0.1, 0.15) is 65.7 Å². The van der Waals surface area contributed by atoms with Crippen molar-refractivity contribution in [1.82, 2.24) is 20.4 Å². The molecule has 1 saturated heterocycles. The number of carbonyl (C=O) groups excluding carboxylic acids is 2. The van der Waals surface area contributed by atoms with Crippen molar-refractivity contribution in [3.8, 4) is 34.8 Å². The molecule has 0 aromatic heterocycles. The van der Waals surface area contributed by atoms with Gasteiger partial charge >= 0.3 is 0 Å². The maximum Gasteiger partial charge on any atom is 0.242 e. The predicted molar refractivity (Wildman–Crippen MR) is 159 cm³/mol. The van der Waals surface area contributed by atoms with Gasteiger partial charge in [-0.05, 0) is 51.8 Å². The van der Waals surface area contributed by atoms with Gasteiger partial charge in [-0.25, -0.2) is 0 Å². The number of phenolic OH excluding ortho intramolecular Hbond substituents is 2. The normalized spacial score (nSPS) is 25.0. The van der Waals surface area contributed by atoms with E-state index in [-0.39, 0.29) is 105 Å². The van der Waals surface area contributed by atoms with Crippen LogP contribution >= 0.6 is 0 Å². The van der Waals surface area contributed by atoms with Crippen molar-refractivity contribution in [2.75, 3.05) is 27.5 Å². The minimum atomic E-state index is -0.767. The van der Waals surface area contributed by atoms with Gasteiger partial charge < -0.3 is 35.1 Å². The van der Waals surface area contributed by atoms with Gasteiger partial charge in [0.05, 0.1) is 25.3 Å². The number of amides is 2. The van der Waals surface area contributed by atoms with Gasteiger partial charge in [-0.15, -0.1) is 0 Å². The zero-order chi connectivity index (χ0) is 31.6. The first-order valence-electron chi connectivity index (χ1n) is 15.0. The molecule has 4 aliphatic rings. The Hall–Kier alpha value is -2.77. The number of hydrogen-bond donors (Lipinski definition) is 4. The number of methoxy groups -OCH3 is 1. The van der Waals surface area contributed by atoms with Crippen LogP contribution in [0.15, 0.2) is 6.07 Å². The van der Waals surface area contributed by atoms with E-state index in [1.54, 1.807) is 20.8 Å². The average Bonchev–Trinajstić information content (AvgIpc) is 3.49. The fourth-order valence-electron chi connectivity index (χ4n) is 7.80. The third kappa shape index (κ3) is 5.22. The molecule has 237 valence electrons. The van der Waals surface area contributed by atoms with E-state index >= 15 is 0 Å². The van der Waals surface area contributed by atoms with Crippen LogP contribution in [0.3, 0.4) is 0 Å². The Labute approximate surface area is 298 Å². The summed E-state index contributed by atoms with van der Waals surface area (Å²) in [6, 6.07) is 1.73. The number of ether oxygens (including phenoxy) is 3. The van der Waals surface area contributed by atoms with Gasteiger partial charge in [0.2, 0.25) is 18.6 Å². The summed E-state index contributed by atoms with van der Waals surface area (Å²) in [7, 11) is 3.51. The summed E-state index contributed by atoms with van der Waals surface area (Å²) in [6.45, 7) is 7.09. The van der Waals surface area contributed by atoms with E-state index in [0.717, 1.165) is 16.7 Å². The molecule has 2 amide bonds. The Bertz CT molecular complexity index is 1590. The molecule has 13 heteroatoms. The van der Waals surface area contributed by atoms with Crippen molar-refractivity contribution < 1.29 is 78.1 Å². The van der Waals surface area contributed by atoms with Gasteiger partial charge in [-0.2, -0.15) is 5.26 Å². The number of nitriles is 1. The van der Waals surface area contributed by atoms with Crippen LogP contribution in [0, 0.1) is 69.2 Å². The molecule has 45 heavy (non-hydrogen) atoms. The van der Waals surface area contributed by atoms with E-state index < -0.39 is 18.1 Å². The number of benzene rings is 2. The zero-order valence-corrected chi connectivity index (χ0v) is 31.2. The molecule has 6 rings (SSSR count). The van der Waals surface area contributed by atoms with Crippen LogP contribution in [-0.2, 0) is 22.4 Å². The van der Waals surface area contributed by atoms with Crippen LogP contribution in [0.2, 0.25) is 0 Å². The smallest absolute Gasteiger partial charge is 0.242 e. The number of rotatable bonds is 6. The van der Waals surface area contributed by atoms with E-state index in [4.69, 9.17) is 14.2 Å². The van der Waals surface area contributed by atoms with Gasteiger partial charge in [0.1, 0.15) is 17.8 Å². The summed E-state index contributed by atoms with van der Waals surface area (Å²) in [5.41, 5.74) is 4.43. The number of aromatic hydroxyl groups is 2. The molecule has 6 atom stereocenters. The van der Waals surface area contributed by atoms with Gasteiger partial charge in [0, 0.05) is 91.4 Å². The predicted octanol–water partition coefficient (Wildman–Crippen LogP) is 2.25. The van der Waals surface area contributed by atoms with Crippen LogP contribution < -0.4 is 24.8 Å². The number of piperazine rings is 1. The molecular formula is C32H39AcN5O7. The van der Waals surface area contributed by atoms with Gasteiger partial charge in [-0.1, -0.05) is 13.0 Å². The van der Waals surface area contributed by atoms with Gasteiger partial charge in [-0.3, -0.25) is 19.4 Å². The molecule has 4 heterocycles. The Morgan fingerprint density at radius 3 is 2.53 bits per heavy atom. The van der Waals surface area contributed by atoms with Crippen molar-refractivity contribution in [3.63, 3.8) is 0 Å². The summed E-state index contributed by atoms with van der Waals surface area (Å²) in [4.78, 5) is 29.5. The van der Waals surface area contributed by atoms with E-state index in [9.17, 15) is 25.1 Å². The van der Waals surface area contributed by atoms with Crippen molar-refractivity contribution in [2.45, 2.75) is 83.2 Å². The number of nitrogens with zero attached hydrogens (tertiary/aromatic N) is 3. The van der Waals surface area contributed by atoms with Crippen molar-refractivity contribution in [2.24, 2.45) is 0 Å². The number of hydrogen-bond acceptors (Lipinski definition) is 10. The first kappa shape index (κ1) is 33.6. The second-order valence-electron chi connectivity index (χ2n) is 12.2.